The molecular weight excluding hydrogens is 517 g/mol. The predicted octanol–water partition coefficient (Wildman–Crippen LogP) is 5.76. The molecule has 5 nitrogen and oxygen atoms in total. The number of likely N-dealkylation sites (tertiary alicyclic amines) is 1. The molecule has 2 saturated heterocycles. The number of alkyl halides is 3. The zero-order chi connectivity index (χ0) is 28.2. The van der Waals surface area contributed by atoms with E-state index in [0.29, 0.717) is 64.2 Å². The van der Waals surface area contributed by atoms with Gasteiger partial charge in [-0.15, -0.1) is 0 Å². The quantitative estimate of drug-likeness (QED) is 0.405. The van der Waals surface area contributed by atoms with Gasteiger partial charge in [-0.3, -0.25) is 9.69 Å². The summed E-state index contributed by atoms with van der Waals surface area (Å²) in [6, 6.07) is 24.8. The number of carbonyl (C=O) groups is 1. The van der Waals surface area contributed by atoms with Gasteiger partial charge in [0.05, 0.1) is 30.3 Å². The zero-order valence-electron chi connectivity index (χ0n) is 22.4. The predicted molar refractivity (Wildman–Crippen MR) is 147 cm³/mol. The first-order valence-electron chi connectivity index (χ1n) is 13.9. The van der Waals surface area contributed by atoms with Crippen molar-refractivity contribution < 1.29 is 27.8 Å². The third-order valence-electron chi connectivity index (χ3n) is 8.26. The van der Waals surface area contributed by atoms with E-state index in [1.54, 1.807) is 6.07 Å². The molecule has 3 aromatic carbocycles. The van der Waals surface area contributed by atoms with Gasteiger partial charge in [0.1, 0.15) is 0 Å². The molecule has 0 radical (unpaired) electrons. The Labute approximate surface area is 233 Å². The van der Waals surface area contributed by atoms with Crippen molar-refractivity contribution in [2.75, 3.05) is 39.4 Å². The fourth-order valence-electron chi connectivity index (χ4n) is 5.94. The fourth-order valence-corrected chi connectivity index (χ4v) is 5.94. The lowest BCUT2D eigenvalue weighted by Gasteiger charge is -2.43. The summed E-state index contributed by atoms with van der Waals surface area (Å²) in [6.45, 7) is 3.14. The average molecular weight is 553 g/mol. The number of amides is 1. The third kappa shape index (κ3) is 6.40. The highest BCUT2D eigenvalue weighted by molar-refractivity contribution is 5.84. The summed E-state index contributed by atoms with van der Waals surface area (Å²) < 4.78 is 45.5. The second kappa shape index (κ2) is 12.1. The van der Waals surface area contributed by atoms with Crippen LogP contribution < -0.4 is 0 Å². The summed E-state index contributed by atoms with van der Waals surface area (Å²) in [6.07, 6.45) is -3.33. The van der Waals surface area contributed by atoms with Gasteiger partial charge in [0, 0.05) is 32.2 Å². The lowest BCUT2D eigenvalue weighted by molar-refractivity contribution is -0.138. The van der Waals surface area contributed by atoms with E-state index >= 15 is 0 Å². The Bertz CT molecular complexity index is 1260. The number of nitrogens with zero attached hydrogens (tertiary/aromatic N) is 2. The normalized spacial score (nSPS) is 19.6. The van der Waals surface area contributed by atoms with Gasteiger partial charge in [-0.1, -0.05) is 72.8 Å². The number of rotatable bonds is 7. The van der Waals surface area contributed by atoms with Crippen LogP contribution in [0.3, 0.4) is 0 Å². The number of morpholine rings is 1. The van der Waals surface area contributed by atoms with Crippen LogP contribution in [0.5, 0.6) is 0 Å². The molecule has 2 fully saturated rings. The second-order valence-electron chi connectivity index (χ2n) is 10.7. The maximum atomic E-state index is 13.9. The largest absolute Gasteiger partial charge is 0.416 e. The summed E-state index contributed by atoms with van der Waals surface area (Å²) in [7, 11) is 0. The lowest BCUT2D eigenvalue weighted by atomic mass is 9.81. The number of hydrogen-bond donors (Lipinski definition) is 1. The molecule has 2 aliphatic heterocycles. The van der Waals surface area contributed by atoms with Crippen LogP contribution in [0.25, 0.3) is 0 Å². The molecule has 212 valence electrons. The van der Waals surface area contributed by atoms with E-state index in [4.69, 9.17) is 4.74 Å². The molecule has 0 bridgehead atoms. The molecule has 3 aromatic rings. The SMILES string of the molecule is O=C(C(CC(c1ccccc1)N1CCC(O)(c2cccc(C(F)(F)F)c2)CC1)c1ccccc1)N1CCOCC1. The van der Waals surface area contributed by atoms with Gasteiger partial charge in [0.25, 0.3) is 0 Å². The van der Waals surface area contributed by atoms with Crippen LogP contribution in [0.4, 0.5) is 13.2 Å². The molecule has 0 aromatic heterocycles. The first-order chi connectivity index (χ1) is 19.2. The Morgan fingerprint density at radius 1 is 0.850 bits per heavy atom. The van der Waals surface area contributed by atoms with Crippen LogP contribution in [0.1, 0.15) is 53.5 Å². The molecule has 8 heteroatoms. The molecule has 0 saturated carbocycles. The Morgan fingerprint density at radius 2 is 1.45 bits per heavy atom. The van der Waals surface area contributed by atoms with Crippen molar-refractivity contribution in [1.29, 1.82) is 0 Å². The van der Waals surface area contributed by atoms with Crippen LogP contribution in [-0.2, 0) is 21.3 Å². The molecule has 0 aliphatic carbocycles. The summed E-state index contributed by atoms with van der Waals surface area (Å²) in [5.74, 6) is -0.290. The molecule has 2 unspecified atom stereocenters. The van der Waals surface area contributed by atoms with E-state index < -0.39 is 17.3 Å². The Morgan fingerprint density at radius 3 is 2.05 bits per heavy atom. The van der Waals surface area contributed by atoms with Gasteiger partial charge in [-0.25, -0.2) is 0 Å². The number of piperidine rings is 1. The highest BCUT2D eigenvalue weighted by Crippen LogP contribution is 2.41. The van der Waals surface area contributed by atoms with Gasteiger partial charge in [-0.05, 0) is 48.1 Å². The highest BCUT2D eigenvalue weighted by Gasteiger charge is 2.40. The average Bonchev–Trinajstić information content (AvgIpc) is 2.99. The summed E-state index contributed by atoms with van der Waals surface area (Å²) >= 11 is 0. The summed E-state index contributed by atoms with van der Waals surface area (Å²) in [4.78, 5) is 18.0. The van der Waals surface area contributed by atoms with Crippen LogP contribution in [0.15, 0.2) is 84.9 Å². The fraction of sp³-hybridized carbons (Fsp3) is 0.406. The molecule has 2 atom stereocenters. The number of aliphatic hydroxyl groups is 1. The van der Waals surface area contributed by atoms with Crippen molar-refractivity contribution in [2.45, 2.75) is 43.0 Å². The second-order valence-corrected chi connectivity index (χ2v) is 10.7. The van der Waals surface area contributed by atoms with E-state index in [9.17, 15) is 23.1 Å². The van der Waals surface area contributed by atoms with E-state index in [0.717, 1.165) is 23.3 Å². The molecular formula is C32H35F3N2O3. The van der Waals surface area contributed by atoms with E-state index in [1.165, 1.54) is 6.07 Å². The smallest absolute Gasteiger partial charge is 0.385 e. The minimum atomic E-state index is -4.47. The standard InChI is InChI=1S/C32H35F3N2O3/c33-32(34,35)27-13-7-12-26(22-27)31(39)14-16-36(17-15-31)29(25-10-5-2-6-11-25)23-28(24-8-3-1-4-9-24)30(38)37-18-20-40-21-19-37/h1-13,22,28-29,39H,14-21,23H2. The number of benzene rings is 3. The summed E-state index contributed by atoms with van der Waals surface area (Å²) in [5.41, 5.74) is 0.222. The molecule has 5 rings (SSSR count). The van der Waals surface area contributed by atoms with Crippen molar-refractivity contribution in [2.24, 2.45) is 0 Å². The van der Waals surface area contributed by atoms with Crippen molar-refractivity contribution in [3.63, 3.8) is 0 Å². The molecule has 0 spiro atoms. The maximum Gasteiger partial charge on any atom is 0.416 e. The molecule has 2 heterocycles. The highest BCUT2D eigenvalue weighted by atomic mass is 19.4. The minimum Gasteiger partial charge on any atom is -0.385 e. The van der Waals surface area contributed by atoms with Crippen LogP contribution in [0, 0.1) is 0 Å². The number of carbonyl (C=O) groups excluding carboxylic acids is 1. The van der Waals surface area contributed by atoms with Crippen LogP contribution in [-0.4, -0.2) is 60.2 Å². The van der Waals surface area contributed by atoms with Gasteiger partial charge in [0.2, 0.25) is 5.91 Å². The number of hydrogen-bond acceptors (Lipinski definition) is 4. The molecule has 40 heavy (non-hydrogen) atoms. The Kier molecular flexibility index (Phi) is 8.59. The number of ether oxygens (including phenoxy) is 1. The van der Waals surface area contributed by atoms with Crippen molar-refractivity contribution in [3.05, 3.63) is 107 Å². The minimum absolute atomic E-state index is 0.0768. The number of halogens is 3. The van der Waals surface area contributed by atoms with Gasteiger partial charge in [-0.2, -0.15) is 13.2 Å². The van der Waals surface area contributed by atoms with Gasteiger partial charge < -0.3 is 14.7 Å². The van der Waals surface area contributed by atoms with Gasteiger partial charge in [0.15, 0.2) is 0 Å². The summed E-state index contributed by atoms with van der Waals surface area (Å²) in [5, 5.41) is 11.5. The van der Waals surface area contributed by atoms with Crippen molar-refractivity contribution in [3.8, 4) is 0 Å². The maximum absolute atomic E-state index is 13.9. The molecule has 1 amide bonds. The van der Waals surface area contributed by atoms with Gasteiger partial charge >= 0.3 is 6.18 Å². The topological polar surface area (TPSA) is 53.0 Å². The van der Waals surface area contributed by atoms with Crippen LogP contribution in [0.2, 0.25) is 0 Å². The van der Waals surface area contributed by atoms with E-state index in [-0.39, 0.29) is 17.9 Å². The monoisotopic (exact) mass is 552 g/mol. The Balaban J connectivity index is 1.40. The molecule has 2 aliphatic rings. The van der Waals surface area contributed by atoms with Crippen molar-refractivity contribution in [1.82, 2.24) is 9.80 Å². The van der Waals surface area contributed by atoms with Crippen molar-refractivity contribution >= 4 is 5.91 Å². The first kappa shape index (κ1) is 28.3. The Hall–Kier alpha value is -3.20. The third-order valence-corrected chi connectivity index (χ3v) is 8.26. The lowest BCUT2D eigenvalue weighted by Crippen LogP contribution is -2.46. The van der Waals surface area contributed by atoms with E-state index in [1.807, 2.05) is 53.4 Å². The van der Waals surface area contributed by atoms with Crippen LogP contribution >= 0.6 is 0 Å². The van der Waals surface area contributed by atoms with E-state index in [2.05, 4.69) is 17.0 Å². The molecule has 1 N–H and O–H groups in total. The first-order valence-corrected chi connectivity index (χ1v) is 13.9. The zero-order valence-corrected chi connectivity index (χ0v) is 22.4.